The van der Waals surface area contributed by atoms with Gasteiger partial charge in [-0.2, -0.15) is 13.2 Å². The molecule has 0 fully saturated rings. The van der Waals surface area contributed by atoms with Crippen molar-refractivity contribution in [3.05, 3.63) is 120 Å². The Bertz CT molecular complexity index is 1300. The number of nitrogens with one attached hydrogen (secondary N) is 1. The van der Waals surface area contributed by atoms with Crippen LogP contribution in [-0.2, 0) is 6.61 Å². The maximum atomic E-state index is 12.9. The summed E-state index contributed by atoms with van der Waals surface area (Å²) >= 11 is 0. The second-order valence-electron chi connectivity index (χ2n) is 7.71. The fraction of sp³-hybridized carbons (Fsp3) is 0.0690. The van der Waals surface area contributed by atoms with E-state index >= 15 is 0 Å². The Balaban J connectivity index is 1.69. The van der Waals surface area contributed by atoms with Gasteiger partial charge in [0.15, 0.2) is 0 Å². The van der Waals surface area contributed by atoms with Gasteiger partial charge in [0.1, 0.15) is 18.1 Å². The number of halogens is 3. The lowest BCUT2D eigenvalue weighted by molar-refractivity contribution is -0.0583. The van der Waals surface area contributed by atoms with Crippen LogP contribution in [0.5, 0.6) is 5.75 Å². The molecular weight excluding hydrogens is 435 g/mol. The van der Waals surface area contributed by atoms with Gasteiger partial charge in [-0.3, -0.25) is 5.41 Å². The molecule has 0 saturated heterocycles. The van der Waals surface area contributed by atoms with Crippen molar-refractivity contribution in [2.24, 2.45) is 0 Å². The van der Waals surface area contributed by atoms with Gasteiger partial charge in [0.2, 0.25) is 0 Å². The SMILES string of the molecule is N=C(/C=C/c1cc(-c2ccccc2)ccc1-c1cccc(OCc2ccccc2)c1)C(F)(F)F. The number of hydrogen-bond donors (Lipinski definition) is 1. The van der Waals surface area contributed by atoms with E-state index in [1.54, 1.807) is 0 Å². The average molecular weight is 457 g/mol. The zero-order chi connectivity index (χ0) is 24.0. The maximum Gasteiger partial charge on any atom is 0.432 e. The Morgan fingerprint density at radius 1 is 0.735 bits per heavy atom. The number of ether oxygens (including phenoxy) is 1. The predicted octanol–water partition coefficient (Wildman–Crippen LogP) is 8.19. The Morgan fingerprint density at radius 3 is 2.12 bits per heavy atom. The lowest BCUT2D eigenvalue weighted by Crippen LogP contribution is -2.19. The largest absolute Gasteiger partial charge is 0.489 e. The first-order valence-electron chi connectivity index (χ1n) is 10.7. The summed E-state index contributed by atoms with van der Waals surface area (Å²) in [5.41, 5.74) is 3.60. The quantitative estimate of drug-likeness (QED) is 0.279. The van der Waals surface area contributed by atoms with Crippen molar-refractivity contribution in [2.45, 2.75) is 12.8 Å². The smallest absolute Gasteiger partial charge is 0.432 e. The lowest BCUT2D eigenvalue weighted by atomic mass is 9.94. The van der Waals surface area contributed by atoms with Crippen molar-refractivity contribution < 1.29 is 17.9 Å². The van der Waals surface area contributed by atoms with Crippen LogP contribution in [0, 0.1) is 5.41 Å². The third-order valence-electron chi connectivity index (χ3n) is 5.29. The molecule has 0 aliphatic rings. The minimum absolute atomic E-state index is 0.409. The van der Waals surface area contributed by atoms with Gasteiger partial charge in [-0.15, -0.1) is 0 Å². The number of rotatable bonds is 7. The van der Waals surface area contributed by atoms with Crippen LogP contribution in [0.25, 0.3) is 28.3 Å². The molecule has 5 heteroatoms. The van der Waals surface area contributed by atoms with E-state index in [-0.39, 0.29) is 0 Å². The molecule has 1 N–H and O–H groups in total. The minimum atomic E-state index is -4.70. The van der Waals surface area contributed by atoms with Crippen LogP contribution in [0.4, 0.5) is 13.2 Å². The molecule has 4 aromatic rings. The number of hydrogen-bond acceptors (Lipinski definition) is 2. The molecule has 0 unspecified atom stereocenters. The first-order chi connectivity index (χ1) is 16.4. The lowest BCUT2D eigenvalue weighted by Gasteiger charge is -2.13. The highest BCUT2D eigenvalue weighted by atomic mass is 19.4. The monoisotopic (exact) mass is 457 g/mol. The highest BCUT2D eigenvalue weighted by Gasteiger charge is 2.32. The van der Waals surface area contributed by atoms with Gasteiger partial charge in [-0.1, -0.05) is 91.0 Å². The van der Waals surface area contributed by atoms with Gasteiger partial charge in [0.05, 0.1) is 0 Å². The third kappa shape index (κ3) is 5.81. The molecule has 0 saturated carbocycles. The Labute approximate surface area is 196 Å². The van der Waals surface area contributed by atoms with Gasteiger partial charge in [0, 0.05) is 0 Å². The summed E-state index contributed by atoms with van der Waals surface area (Å²) in [5, 5.41) is 7.32. The average Bonchev–Trinajstić information content (AvgIpc) is 2.86. The van der Waals surface area contributed by atoms with Gasteiger partial charge >= 0.3 is 6.18 Å². The van der Waals surface area contributed by atoms with E-state index in [0.29, 0.717) is 17.9 Å². The molecule has 0 aromatic heterocycles. The molecule has 4 aromatic carbocycles. The van der Waals surface area contributed by atoms with Crippen LogP contribution < -0.4 is 4.74 Å². The summed E-state index contributed by atoms with van der Waals surface area (Å²) in [4.78, 5) is 0. The highest BCUT2D eigenvalue weighted by molar-refractivity contribution is 6.00. The van der Waals surface area contributed by atoms with Crippen molar-refractivity contribution in [1.82, 2.24) is 0 Å². The summed E-state index contributed by atoms with van der Waals surface area (Å²) in [6.45, 7) is 0.409. The predicted molar refractivity (Wildman–Crippen MR) is 131 cm³/mol. The van der Waals surface area contributed by atoms with E-state index in [1.807, 2.05) is 103 Å². The zero-order valence-corrected chi connectivity index (χ0v) is 18.2. The molecule has 34 heavy (non-hydrogen) atoms. The summed E-state index contributed by atoms with van der Waals surface area (Å²) in [6, 6.07) is 32.5. The van der Waals surface area contributed by atoms with Crippen LogP contribution in [0.2, 0.25) is 0 Å². The van der Waals surface area contributed by atoms with E-state index in [1.165, 1.54) is 6.08 Å². The molecule has 0 atom stereocenters. The van der Waals surface area contributed by atoms with Crippen molar-refractivity contribution >= 4 is 11.8 Å². The van der Waals surface area contributed by atoms with Gasteiger partial charge in [-0.05, 0) is 57.7 Å². The van der Waals surface area contributed by atoms with Crippen LogP contribution >= 0.6 is 0 Å². The number of alkyl halides is 3. The molecule has 0 aliphatic carbocycles. The maximum absolute atomic E-state index is 12.9. The van der Waals surface area contributed by atoms with Crippen LogP contribution in [-0.4, -0.2) is 11.9 Å². The first kappa shape index (κ1) is 23.1. The van der Waals surface area contributed by atoms with E-state index < -0.39 is 11.9 Å². The van der Waals surface area contributed by atoms with Gasteiger partial charge < -0.3 is 4.74 Å². The van der Waals surface area contributed by atoms with E-state index in [0.717, 1.165) is 33.9 Å². The van der Waals surface area contributed by atoms with Crippen molar-refractivity contribution in [1.29, 1.82) is 5.41 Å². The van der Waals surface area contributed by atoms with Crippen molar-refractivity contribution in [2.75, 3.05) is 0 Å². The normalized spacial score (nSPS) is 11.5. The second-order valence-corrected chi connectivity index (χ2v) is 7.71. The van der Waals surface area contributed by atoms with E-state index in [9.17, 15) is 13.2 Å². The highest BCUT2D eigenvalue weighted by Crippen LogP contribution is 2.32. The molecule has 4 rings (SSSR count). The van der Waals surface area contributed by atoms with Gasteiger partial charge in [0.25, 0.3) is 0 Å². The number of allylic oxidation sites excluding steroid dienone is 1. The summed E-state index contributed by atoms with van der Waals surface area (Å²) in [6.07, 6.45) is -2.56. The van der Waals surface area contributed by atoms with Gasteiger partial charge in [-0.25, -0.2) is 0 Å². The van der Waals surface area contributed by atoms with E-state index in [2.05, 4.69) is 0 Å². The Hall–Kier alpha value is -4.12. The first-order valence-corrected chi connectivity index (χ1v) is 10.7. The molecule has 0 spiro atoms. The molecule has 0 aliphatic heterocycles. The summed E-state index contributed by atoms with van der Waals surface area (Å²) in [5.74, 6) is 0.659. The number of benzene rings is 4. The van der Waals surface area contributed by atoms with Crippen LogP contribution in [0.15, 0.2) is 109 Å². The molecule has 0 bridgehead atoms. The second kappa shape index (κ2) is 10.2. The standard InChI is InChI=1S/C29H22F3NO/c30-29(31,32)28(33)17-15-25-18-23(22-10-5-2-6-11-22)14-16-27(25)24-12-7-13-26(19-24)34-20-21-8-3-1-4-9-21/h1-19,33H,20H2/b17-15+,33-28?. The van der Waals surface area contributed by atoms with Crippen molar-refractivity contribution in [3.63, 3.8) is 0 Å². The molecule has 170 valence electrons. The molecule has 2 nitrogen and oxygen atoms in total. The van der Waals surface area contributed by atoms with Crippen molar-refractivity contribution in [3.8, 4) is 28.0 Å². The summed E-state index contributed by atoms with van der Waals surface area (Å²) < 4.78 is 44.6. The molecule has 0 heterocycles. The Kier molecular flexibility index (Phi) is 6.93. The fourth-order valence-electron chi connectivity index (χ4n) is 3.54. The molecular formula is C29H22F3NO. The third-order valence-corrected chi connectivity index (χ3v) is 5.29. The van der Waals surface area contributed by atoms with Crippen LogP contribution in [0.3, 0.4) is 0 Å². The topological polar surface area (TPSA) is 33.1 Å². The van der Waals surface area contributed by atoms with Crippen LogP contribution in [0.1, 0.15) is 11.1 Å². The van der Waals surface area contributed by atoms with E-state index in [4.69, 9.17) is 10.1 Å². The fourth-order valence-corrected chi connectivity index (χ4v) is 3.54. The molecule has 0 amide bonds. The summed E-state index contributed by atoms with van der Waals surface area (Å²) in [7, 11) is 0. The Morgan fingerprint density at radius 2 is 1.41 bits per heavy atom. The zero-order valence-electron chi connectivity index (χ0n) is 18.2. The molecule has 0 radical (unpaired) electrons. The minimum Gasteiger partial charge on any atom is -0.489 e.